The average molecular weight is 413 g/mol. The fourth-order valence-electron chi connectivity index (χ4n) is 3.08. The van der Waals surface area contributed by atoms with E-state index >= 15 is 0 Å². The van der Waals surface area contributed by atoms with Crippen molar-refractivity contribution in [2.24, 2.45) is 0 Å². The minimum absolute atomic E-state index is 0.000866. The summed E-state index contributed by atoms with van der Waals surface area (Å²) in [6.45, 7) is 6.53. The van der Waals surface area contributed by atoms with Crippen LogP contribution in [0, 0.1) is 0 Å². The lowest BCUT2D eigenvalue weighted by atomic mass is 10.1. The molecule has 2 aromatic rings. The van der Waals surface area contributed by atoms with Crippen molar-refractivity contribution in [1.29, 1.82) is 0 Å². The first-order valence-corrected chi connectivity index (χ1v) is 11.3. The second-order valence-electron chi connectivity index (χ2n) is 7.17. The van der Waals surface area contributed by atoms with E-state index in [4.69, 9.17) is 0 Å². The fourth-order valence-corrected chi connectivity index (χ4v) is 3.89. The maximum absolute atomic E-state index is 13.1. The molecule has 156 valence electrons. The summed E-state index contributed by atoms with van der Waals surface area (Å²) in [4.78, 5) is 28.8. The molecule has 1 N–H and O–H groups in total. The van der Waals surface area contributed by atoms with Gasteiger partial charge < -0.3 is 10.2 Å². The summed E-state index contributed by atoms with van der Waals surface area (Å²) in [6, 6.07) is 19.6. The monoisotopic (exact) mass is 412 g/mol. The lowest BCUT2D eigenvalue weighted by Crippen LogP contribution is -2.52. The molecule has 4 nitrogen and oxygen atoms in total. The van der Waals surface area contributed by atoms with Gasteiger partial charge in [0, 0.05) is 17.5 Å². The molecule has 29 heavy (non-hydrogen) atoms. The third kappa shape index (κ3) is 7.58. The van der Waals surface area contributed by atoms with Gasteiger partial charge in [0.15, 0.2) is 0 Å². The van der Waals surface area contributed by atoms with Gasteiger partial charge in [-0.05, 0) is 43.9 Å². The van der Waals surface area contributed by atoms with Crippen LogP contribution >= 0.6 is 11.8 Å². The van der Waals surface area contributed by atoms with Gasteiger partial charge in [-0.25, -0.2) is 0 Å². The molecule has 2 amide bonds. The Morgan fingerprint density at radius 2 is 1.59 bits per heavy atom. The quantitative estimate of drug-likeness (QED) is 0.551. The maximum atomic E-state index is 13.1. The summed E-state index contributed by atoms with van der Waals surface area (Å²) in [6.07, 6.45) is 2.19. The van der Waals surface area contributed by atoms with Gasteiger partial charge in [0.1, 0.15) is 6.04 Å². The summed E-state index contributed by atoms with van der Waals surface area (Å²) in [7, 11) is 0. The smallest absolute Gasteiger partial charge is 0.243 e. The number of hydrogen-bond donors (Lipinski definition) is 1. The van der Waals surface area contributed by atoms with Crippen LogP contribution in [-0.4, -0.2) is 41.1 Å². The molecule has 2 atom stereocenters. The average Bonchev–Trinajstić information content (AvgIpc) is 2.76. The molecule has 0 unspecified atom stereocenters. The second-order valence-corrected chi connectivity index (χ2v) is 8.22. The van der Waals surface area contributed by atoms with E-state index < -0.39 is 6.04 Å². The number of rotatable bonds is 11. The normalized spacial score (nSPS) is 12.8. The minimum Gasteiger partial charge on any atom is -0.352 e. The van der Waals surface area contributed by atoms with E-state index in [9.17, 15) is 9.59 Å². The second kappa shape index (κ2) is 12.3. The van der Waals surface area contributed by atoms with Crippen LogP contribution in [0.3, 0.4) is 0 Å². The zero-order valence-corrected chi connectivity index (χ0v) is 18.5. The topological polar surface area (TPSA) is 49.4 Å². The van der Waals surface area contributed by atoms with Crippen LogP contribution in [0.4, 0.5) is 0 Å². The molecule has 0 aromatic heterocycles. The van der Waals surface area contributed by atoms with Crippen LogP contribution in [0.25, 0.3) is 0 Å². The van der Waals surface area contributed by atoms with E-state index in [0.717, 1.165) is 23.3 Å². The third-order valence-electron chi connectivity index (χ3n) is 4.98. The Kier molecular flexibility index (Phi) is 9.78. The molecule has 0 fully saturated rings. The van der Waals surface area contributed by atoms with E-state index in [1.165, 1.54) is 11.8 Å². The number of benzene rings is 2. The lowest BCUT2D eigenvalue weighted by Gasteiger charge is -2.31. The van der Waals surface area contributed by atoms with Gasteiger partial charge in [0.25, 0.3) is 0 Å². The molecule has 0 spiro atoms. The Labute approximate surface area is 179 Å². The van der Waals surface area contributed by atoms with Gasteiger partial charge >= 0.3 is 0 Å². The van der Waals surface area contributed by atoms with Gasteiger partial charge in [-0.2, -0.15) is 0 Å². The molecule has 0 saturated carbocycles. The van der Waals surface area contributed by atoms with Crippen molar-refractivity contribution in [3.05, 3.63) is 66.2 Å². The highest BCUT2D eigenvalue weighted by molar-refractivity contribution is 8.00. The highest BCUT2D eigenvalue weighted by Gasteiger charge is 2.28. The Morgan fingerprint density at radius 3 is 2.17 bits per heavy atom. The van der Waals surface area contributed by atoms with E-state index in [2.05, 4.69) is 17.4 Å². The number of nitrogens with zero attached hydrogens (tertiary/aromatic N) is 1. The molecule has 0 aliphatic heterocycles. The molecule has 0 saturated heterocycles. The molecule has 2 aromatic carbocycles. The number of amides is 2. The molecule has 2 rings (SSSR count). The summed E-state index contributed by atoms with van der Waals surface area (Å²) in [5, 5.41) is 3.05. The van der Waals surface area contributed by atoms with Crippen molar-refractivity contribution >= 4 is 23.6 Å². The van der Waals surface area contributed by atoms with Crippen molar-refractivity contribution in [2.75, 3.05) is 12.3 Å². The van der Waals surface area contributed by atoms with Crippen LogP contribution < -0.4 is 5.32 Å². The largest absolute Gasteiger partial charge is 0.352 e. The highest BCUT2D eigenvalue weighted by Crippen LogP contribution is 2.19. The first kappa shape index (κ1) is 23.0. The SMILES string of the molecule is CC[C@@H](C)NC(=O)[C@@H](CC)N(CCc1ccccc1)C(=O)CSc1ccccc1. The van der Waals surface area contributed by atoms with Crippen LogP contribution in [0.1, 0.15) is 39.2 Å². The van der Waals surface area contributed by atoms with E-state index in [1.54, 1.807) is 4.90 Å². The van der Waals surface area contributed by atoms with Crippen LogP contribution in [0.2, 0.25) is 0 Å². The molecule has 0 bridgehead atoms. The number of nitrogens with one attached hydrogen (secondary N) is 1. The van der Waals surface area contributed by atoms with E-state index in [-0.39, 0.29) is 17.9 Å². The van der Waals surface area contributed by atoms with Crippen molar-refractivity contribution < 1.29 is 9.59 Å². The predicted octanol–water partition coefficient (Wildman–Crippen LogP) is 4.54. The van der Waals surface area contributed by atoms with Crippen molar-refractivity contribution in [3.8, 4) is 0 Å². The predicted molar refractivity (Wildman–Crippen MR) is 121 cm³/mol. The van der Waals surface area contributed by atoms with Crippen molar-refractivity contribution in [2.45, 2.75) is 57.0 Å². The van der Waals surface area contributed by atoms with Crippen molar-refractivity contribution in [3.63, 3.8) is 0 Å². The number of thioether (sulfide) groups is 1. The summed E-state index contributed by atoms with van der Waals surface area (Å²) >= 11 is 1.51. The standard InChI is InChI=1S/C24H32N2O2S/c1-4-19(3)25-24(28)22(5-2)26(17-16-20-12-8-6-9-13-20)23(27)18-29-21-14-10-7-11-15-21/h6-15,19,22H,4-5,16-18H2,1-3H3,(H,25,28)/t19-,22-/m1/s1. The van der Waals surface area contributed by atoms with Gasteiger partial charge in [-0.3, -0.25) is 9.59 Å². The van der Waals surface area contributed by atoms with Gasteiger partial charge in [0.2, 0.25) is 11.8 Å². The van der Waals surface area contributed by atoms with Crippen LogP contribution in [0.15, 0.2) is 65.6 Å². The van der Waals surface area contributed by atoms with Gasteiger partial charge in [-0.15, -0.1) is 11.8 Å². The Morgan fingerprint density at radius 1 is 0.966 bits per heavy atom. The zero-order valence-electron chi connectivity index (χ0n) is 17.6. The first-order chi connectivity index (χ1) is 14.0. The highest BCUT2D eigenvalue weighted by atomic mass is 32.2. The summed E-state index contributed by atoms with van der Waals surface area (Å²) < 4.78 is 0. The molecule has 0 aliphatic rings. The van der Waals surface area contributed by atoms with Crippen LogP contribution in [-0.2, 0) is 16.0 Å². The number of carbonyl (C=O) groups is 2. The van der Waals surface area contributed by atoms with Crippen LogP contribution in [0.5, 0.6) is 0 Å². The minimum atomic E-state index is -0.448. The lowest BCUT2D eigenvalue weighted by molar-refractivity contribution is -0.139. The molecule has 0 aliphatic carbocycles. The van der Waals surface area contributed by atoms with Gasteiger partial charge in [-0.1, -0.05) is 62.4 Å². The first-order valence-electron chi connectivity index (χ1n) is 10.4. The Balaban J connectivity index is 2.11. The molecule has 5 heteroatoms. The van der Waals surface area contributed by atoms with Crippen molar-refractivity contribution in [1.82, 2.24) is 10.2 Å². The Bertz CT molecular complexity index is 752. The zero-order chi connectivity index (χ0) is 21.1. The molecular weight excluding hydrogens is 380 g/mol. The van der Waals surface area contributed by atoms with E-state index in [0.29, 0.717) is 18.7 Å². The fraction of sp³-hybridized carbons (Fsp3) is 0.417. The third-order valence-corrected chi connectivity index (χ3v) is 5.97. The van der Waals surface area contributed by atoms with E-state index in [1.807, 2.05) is 69.3 Å². The molecule has 0 heterocycles. The molecular formula is C24H32N2O2S. The van der Waals surface area contributed by atoms with Gasteiger partial charge in [0.05, 0.1) is 5.75 Å². The Hall–Kier alpha value is -2.27. The number of hydrogen-bond acceptors (Lipinski definition) is 3. The summed E-state index contributed by atoms with van der Waals surface area (Å²) in [5.74, 6) is 0.264. The molecule has 0 radical (unpaired) electrons. The summed E-state index contributed by atoms with van der Waals surface area (Å²) in [5.41, 5.74) is 1.16. The maximum Gasteiger partial charge on any atom is 0.243 e. The number of carbonyl (C=O) groups excluding carboxylic acids is 2.